The second kappa shape index (κ2) is 8.98. The minimum absolute atomic E-state index is 0.0863. The van der Waals surface area contributed by atoms with E-state index >= 15 is 0 Å². The molecule has 0 unspecified atom stereocenters. The van der Waals surface area contributed by atoms with Gasteiger partial charge in [0.25, 0.3) is 15.9 Å². The van der Waals surface area contributed by atoms with Crippen LogP contribution in [0, 0.1) is 0 Å². The molecular formula is C21H18ClN3O4S. The van der Waals surface area contributed by atoms with E-state index in [1.165, 1.54) is 37.3 Å². The average Bonchev–Trinajstić information content (AvgIpc) is 2.71. The van der Waals surface area contributed by atoms with Gasteiger partial charge in [0, 0.05) is 23.9 Å². The third-order valence-corrected chi connectivity index (χ3v) is 5.69. The van der Waals surface area contributed by atoms with Gasteiger partial charge in [0.1, 0.15) is 0 Å². The van der Waals surface area contributed by atoms with Gasteiger partial charge in [0.2, 0.25) is 5.91 Å². The lowest BCUT2D eigenvalue weighted by Gasteiger charge is -2.11. The standard InChI is InChI=1S/C21H18ClN3O4S/c1-14(26)23-16-8-10-17(11-9-16)24-21(27)15-7-12-20(19(22)13-15)25-30(28,29)18-5-3-2-4-6-18/h2-13,25H,1H3,(H,23,26)(H,24,27). The van der Waals surface area contributed by atoms with Gasteiger partial charge in [0.15, 0.2) is 0 Å². The molecule has 0 spiro atoms. The van der Waals surface area contributed by atoms with Crippen molar-refractivity contribution in [3.8, 4) is 0 Å². The number of halogens is 1. The largest absolute Gasteiger partial charge is 0.326 e. The molecule has 3 rings (SSSR count). The lowest BCUT2D eigenvalue weighted by Crippen LogP contribution is -2.15. The number of hydrogen-bond donors (Lipinski definition) is 3. The summed E-state index contributed by atoms with van der Waals surface area (Å²) in [4.78, 5) is 23.6. The van der Waals surface area contributed by atoms with Crippen LogP contribution in [0.15, 0.2) is 77.7 Å². The number of hydrogen-bond acceptors (Lipinski definition) is 4. The fourth-order valence-corrected chi connectivity index (χ4v) is 3.97. The van der Waals surface area contributed by atoms with Crippen LogP contribution in [0.25, 0.3) is 0 Å². The van der Waals surface area contributed by atoms with E-state index in [9.17, 15) is 18.0 Å². The number of nitrogens with one attached hydrogen (secondary N) is 3. The van der Waals surface area contributed by atoms with E-state index in [0.29, 0.717) is 11.4 Å². The van der Waals surface area contributed by atoms with E-state index in [2.05, 4.69) is 15.4 Å². The summed E-state index contributed by atoms with van der Waals surface area (Å²) in [5.74, 6) is -0.606. The molecule has 0 heterocycles. The molecule has 0 aliphatic heterocycles. The second-order valence-corrected chi connectivity index (χ2v) is 8.42. The Morgan fingerprint density at radius 1 is 0.833 bits per heavy atom. The first-order valence-electron chi connectivity index (χ1n) is 8.81. The maximum atomic E-state index is 12.5. The maximum absolute atomic E-state index is 12.5. The van der Waals surface area contributed by atoms with Gasteiger partial charge in [-0.2, -0.15) is 0 Å². The average molecular weight is 444 g/mol. The summed E-state index contributed by atoms with van der Waals surface area (Å²) in [5, 5.41) is 5.43. The zero-order chi connectivity index (χ0) is 21.7. The van der Waals surface area contributed by atoms with Crippen LogP contribution in [-0.2, 0) is 14.8 Å². The summed E-state index contributed by atoms with van der Waals surface area (Å²) in [6.07, 6.45) is 0. The highest BCUT2D eigenvalue weighted by molar-refractivity contribution is 7.92. The zero-order valence-corrected chi connectivity index (χ0v) is 17.4. The molecule has 7 nitrogen and oxygen atoms in total. The first kappa shape index (κ1) is 21.4. The third-order valence-electron chi connectivity index (χ3n) is 3.99. The molecule has 0 aliphatic carbocycles. The molecule has 2 amide bonds. The third kappa shape index (κ3) is 5.37. The molecule has 0 aromatic heterocycles. The van der Waals surface area contributed by atoms with Gasteiger partial charge < -0.3 is 10.6 Å². The summed E-state index contributed by atoms with van der Waals surface area (Å²) < 4.78 is 27.3. The highest BCUT2D eigenvalue weighted by Crippen LogP contribution is 2.26. The minimum atomic E-state index is -3.80. The molecular weight excluding hydrogens is 426 g/mol. The zero-order valence-electron chi connectivity index (χ0n) is 15.8. The van der Waals surface area contributed by atoms with Crippen molar-refractivity contribution in [2.75, 3.05) is 15.4 Å². The fourth-order valence-electron chi connectivity index (χ4n) is 2.59. The highest BCUT2D eigenvalue weighted by Gasteiger charge is 2.16. The molecule has 0 fully saturated rings. The van der Waals surface area contributed by atoms with E-state index in [0.717, 1.165) is 0 Å². The molecule has 3 aromatic rings. The predicted molar refractivity (Wildman–Crippen MR) is 117 cm³/mol. The molecule has 9 heteroatoms. The lowest BCUT2D eigenvalue weighted by molar-refractivity contribution is -0.114. The van der Waals surface area contributed by atoms with Crippen LogP contribution >= 0.6 is 11.6 Å². The molecule has 0 atom stereocenters. The van der Waals surface area contributed by atoms with E-state index in [1.807, 2.05) is 0 Å². The van der Waals surface area contributed by atoms with Gasteiger partial charge in [-0.15, -0.1) is 0 Å². The summed E-state index contributed by atoms with van der Waals surface area (Å²) >= 11 is 6.19. The summed E-state index contributed by atoms with van der Waals surface area (Å²) in [5.41, 5.74) is 1.56. The number of anilines is 3. The Bertz CT molecular complexity index is 1180. The molecule has 0 saturated carbocycles. The monoisotopic (exact) mass is 443 g/mol. The van der Waals surface area contributed by atoms with Crippen molar-refractivity contribution in [2.45, 2.75) is 11.8 Å². The van der Waals surface area contributed by atoms with Crippen molar-refractivity contribution < 1.29 is 18.0 Å². The lowest BCUT2D eigenvalue weighted by atomic mass is 10.2. The second-order valence-electron chi connectivity index (χ2n) is 6.33. The van der Waals surface area contributed by atoms with Gasteiger partial charge >= 0.3 is 0 Å². The Labute approximate surface area is 179 Å². The summed E-state index contributed by atoms with van der Waals surface area (Å²) in [7, 11) is -3.80. The van der Waals surface area contributed by atoms with Crippen molar-refractivity contribution in [1.29, 1.82) is 0 Å². The highest BCUT2D eigenvalue weighted by atomic mass is 35.5. The fraction of sp³-hybridized carbons (Fsp3) is 0.0476. The van der Waals surface area contributed by atoms with Gasteiger partial charge in [-0.25, -0.2) is 8.42 Å². The number of rotatable bonds is 6. The van der Waals surface area contributed by atoms with Crippen molar-refractivity contribution >= 4 is 50.5 Å². The van der Waals surface area contributed by atoms with Crippen LogP contribution in [0.4, 0.5) is 17.1 Å². The van der Waals surface area contributed by atoms with Gasteiger partial charge in [0.05, 0.1) is 15.6 Å². The molecule has 0 bridgehead atoms. The first-order chi connectivity index (χ1) is 14.2. The normalized spacial score (nSPS) is 10.9. The van der Waals surface area contributed by atoms with Crippen LogP contribution in [0.5, 0.6) is 0 Å². The smallest absolute Gasteiger partial charge is 0.261 e. The maximum Gasteiger partial charge on any atom is 0.261 e. The van der Waals surface area contributed by atoms with Gasteiger partial charge in [-0.1, -0.05) is 29.8 Å². The van der Waals surface area contributed by atoms with Crippen molar-refractivity contribution in [3.63, 3.8) is 0 Å². The van der Waals surface area contributed by atoms with Crippen LogP contribution < -0.4 is 15.4 Å². The van der Waals surface area contributed by atoms with E-state index < -0.39 is 15.9 Å². The number of amides is 2. The predicted octanol–water partition coefficient (Wildman–Crippen LogP) is 4.35. The first-order valence-corrected chi connectivity index (χ1v) is 10.7. The molecule has 0 radical (unpaired) electrons. The van der Waals surface area contributed by atoms with E-state index in [1.54, 1.807) is 42.5 Å². The number of carbonyl (C=O) groups is 2. The molecule has 154 valence electrons. The molecule has 3 N–H and O–H groups in total. The Morgan fingerprint density at radius 3 is 2.00 bits per heavy atom. The quantitative estimate of drug-likeness (QED) is 0.526. The van der Waals surface area contributed by atoms with Crippen molar-refractivity contribution in [2.24, 2.45) is 0 Å². The molecule has 0 aliphatic rings. The van der Waals surface area contributed by atoms with E-state index in [-0.39, 0.29) is 27.1 Å². The Balaban J connectivity index is 1.71. The molecule has 3 aromatic carbocycles. The van der Waals surface area contributed by atoms with Crippen molar-refractivity contribution in [3.05, 3.63) is 83.4 Å². The van der Waals surface area contributed by atoms with Crippen LogP contribution in [-0.4, -0.2) is 20.2 Å². The van der Waals surface area contributed by atoms with Crippen LogP contribution in [0.3, 0.4) is 0 Å². The summed E-state index contributed by atoms with van der Waals surface area (Å²) in [6, 6.07) is 18.8. The molecule has 30 heavy (non-hydrogen) atoms. The number of benzene rings is 3. The SMILES string of the molecule is CC(=O)Nc1ccc(NC(=O)c2ccc(NS(=O)(=O)c3ccccc3)c(Cl)c2)cc1. The van der Waals surface area contributed by atoms with Crippen LogP contribution in [0.1, 0.15) is 17.3 Å². The van der Waals surface area contributed by atoms with Gasteiger partial charge in [-0.05, 0) is 54.6 Å². The Hall–Kier alpha value is -3.36. The Morgan fingerprint density at radius 2 is 1.43 bits per heavy atom. The number of carbonyl (C=O) groups excluding carboxylic acids is 2. The van der Waals surface area contributed by atoms with Crippen LogP contribution in [0.2, 0.25) is 5.02 Å². The summed E-state index contributed by atoms with van der Waals surface area (Å²) in [6.45, 7) is 1.41. The molecule has 0 saturated heterocycles. The minimum Gasteiger partial charge on any atom is -0.326 e. The van der Waals surface area contributed by atoms with Crippen molar-refractivity contribution in [1.82, 2.24) is 0 Å². The van der Waals surface area contributed by atoms with Gasteiger partial charge in [-0.3, -0.25) is 14.3 Å². The Kier molecular flexibility index (Phi) is 6.39. The topological polar surface area (TPSA) is 104 Å². The number of sulfonamides is 1. The van der Waals surface area contributed by atoms with E-state index in [4.69, 9.17) is 11.6 Å².